The van der Waals surface area contributed by atoms with Gasteiger partial charge in [0, 0.05) is 0 Å². The van der Waals surface area contributed by atoms with Crippen LogP contribution in [0.25, 0.3) is 5.57 Å². The van der Waals surface area contributed by atoms with E-state index in [0.29, 0.717) is 10.8 Å². The largest absolute Gasteiger partial charge is 0.480 e. The average molecular weight is 301 g/mol. The van der Waals surface area contributed by atoms with E-state index in [1.54, 1.807) is 6.07 Å². The number of hydrogen-bond donors (Lipinski definition) is 1. The molecule has 1 aliphatic rings. The highest BCUT2D eigenvalue weighted by Gasteiger charge is 2.20. The summed E-state index contributed by atoms with van der Waals surface area (Å²) in [5, 5.41) is 9.17. The number of hydrogen-bond acceptors (Lipinski definition) is 2. The van der Waals surface area contributed by atoms with Crippen molar-refractivity contribution in [2.24, 2.45) is 0 Å². The Balaban J connectivity index is 1.93. The second-order valence-corrected chi connectivity index (χ2v) is 5.15. The van der Waals surface area contributed by atoms with Gasteiger partial charge in [-0.3, -0.25) is 0 Å². The number of carboxylic acid groups (broad SMARTS) is 1. The Kier molecular flexibility index (Phi) is 3.67. The minimum Gasteiger partial charge on any atom is -0.480 e. The maximum atomic E-state index is 10.6. The molecule has 3 nitrogen and oxygen atoms in total. The van der Waals surface area contributed by atoms with E-state index in [4.69, 9.17) is 21.4 Å². The van der Waals surface area contributed by atoms with Crippen LogP contribution in [-0.4, -0.2) is 17.7 Å². The minimum absolute atomic E-state index is 0.391. The first-order valence-electron chi connectivity index (χ1n) is 6.58. The zero-order valence-electron chi connectivity index (χ0n) is 11.2. The van der Waals surface area contributed by atoms with Crippen LogP contribution in [0.4, 0.5) is 0 Å². The third kappa shape index (κ3) is 2.65. The van der Waals surface area contributed by atoms with E-state index in [-0.39, 0.29) is 0 Å². The molecule has 1 aliphatic carbocycles. The second-order valence-electron chi connectivity index (χ2n) is 4.77. The standard InChI is InChI=1S/C17H13ClO3/c18-17-14-7-6-12(11-4-2-1-3-5-11)13(14)8-9-15(17)21-10-16(19)20/h1-6,8-9H,7,10H2,(H,19,20). The lowest BCUT2D eigenvalue weighted by Crippen LogP contribution is -2.10. The van der Waals surface area contributed by atoms with Crippen LogP contribution in [0.5, 0.6) is 5.75 Å². The summed E-state index contributed by atoms with van der Waals surface area (Å²) >= 11 is 6.34. The van der Waals surface area contributed by atoms with Gasteiger partial charge in [-0.1, -0.05) is 54.1 Å². The summed E-state index contributed by atoms with van der Waals surface area (Å²) in [5.74, 6) is -0.602. The predicted octanol–water partition coefficient (Wildman–Crippen LogP) is 3.79. The number of carbonyl (C=O) groups is 1. The Morgan fingerprint density at radius 2 is 1.95 bits per heavy atom. The maximum absolute atomic E-state index is 10.6. The third-order valence-electron chi connectivity index (χ3n) is 3.44. The van der Waals surface area contributed by atoms with Gasteiger partial charge in [0.1, 0.15) is 5.75 Å². The fraction of sp³-hybridized carbons (Fsp3) is 0.118. The molecule has 0 bridgehead atoms. The number of rotatable bonds is 4. The van der Waals surface area contributed by atoms with Crippen molar-refractivity contribution in [3.8, 4) is 5.75 Å². The van der Waals surface area contributed by atoms with Crippen molar-refractivity contribution in [1.82, 2.24) is 0 Å². The molecular formula is C17H13ClO3. The molecule has 3 rings (SSSR count). The highest BCUT2D eigenvalue weighted by Crippen LogP contribution is 2.40. The van der Waals surface area contributed by atoms with E-state index < -0.39 is 12.6 Å². The van der Waals surface area contributed by atoms with Gasteiger partial charge in [0.15, 0.2) is 6.61 Å². The predicted molar refractivity (Wildman–Crippen MR) is 81.8 cm³/mol. The number of allylic oxidation sites excluding steroid dienone is 1. The molecule has 0 amide bonds. The van der Waals surface area contributed by atoms with Crippen LogP contribution in [-0.2, 0) is 11.2 Å². The topological polar surface area (TPSA) is 46.5 Å². The monoisotopic (exact) mass is 300 g/mol. The van der Waals surface area contributed by atoms with Crippen molar-refractivity contribution in [1.29, 1.82) is 0 Å². The smallest absolute Gasteiger partial charge is 0.341 e. The van der Waals surface area contributed by atoms with E-state index in [1.165, 1.54) is 0 Å². The van der Waals surface area contributed by atoms with Crippen LogP contribution in [0, 0.1) is 0 Å². The van der Waals surface area contributed by atoms with E-state index >= 15 is 0 Å². The zero-order chi connectivity index (χ0) is 14.8. The van der Waals surface area contributed by atoms with Gasteiger partial charge in [-0.15, -0.1) is 0 Å². The summed E-state index contributed by atoms with van der Waals surface area (Å²) in [6.45, 7) is -0.391. The van der Waals surface area contributed by atoms with Crippen molar-refractivity contribution in [2.45, 2.75) is 6.42 Å². The van der Waals surface area contributed by atoms with E-state index in [1.807, 2.05) is 24.3 Å². The molecule has 1 N–H and O–H groups in total. The highest BCUT2D eigenvalue weighted by molar-refractivity contribution is 6.33. The first kappa shape index (κ1) is 13.7. The molecule has 0 saturated carbocycles. The van der Waals surface area contributed by atoms with Crippen LogP contribution in [0.15, 0.2) is 48.5 Å². The van der Waals surface area contributed by atoms with Gasteiger partial charge in [-0.05, 0) is 34.8 Å². The molecule has 0 heterocycles. The van der Waals surface area contributed by atoms with Gasteiger partial charge < -0.3 is 9.84 Å². The van der Waals surface area contributed by atoms with Crippen LogP contribution in [0.1, 0.15) is 16.7 Å². The molecule has 0 saturated heterocycles. The molecule has 2 aromatic carbocycles. The van der Waals surface area contributed by atoms with Crippen LogP contribution < -0.4 is 4.74 Å². The first-order valence-corrected chi connectivity index (χ1v) is 6.96. The summed E-state index contributed by atoms with van der Waals surface area (Å²) < 4.78 is 5.21. The molecule has 2 aromatic rings. The Hall–Kier alpha value is -2.26. The van der Waals surface area contributed by atoms with Crippen LogP contribution in [0.3, 0.4) is 0 Å². The number of aliphatic carboxylic acids is 1. The summed E-state index contributed by atoms with van der Waals surface area (Å²) in [5.41, 5.74) is 4.36. The minimum atomic E-state index is -1.02. The fourth-order valence-corrected chi connectivity index (χ4v) is 2.80. The molecule has 0 aliphatic heterocycles. The Morgan fingerprint density at radius 3 is 2.67 bits per heavy atom. The van der Waals surface area contributed by atoms with Crippen molar-refractivity contribution >= 4 is 23.1 Å². The number of fused-ring (bicyclic) bond motifs is 1. The average Bonchev–Trinajstić information content (AvgIpc) is 2.92. The lowest BCUT2D eigenvalue weighted by molar-refractivity contribution is -0.139. The van der Waals surface area contributed by atoms with E-state index in [2.05, 4.69) is 18.2 Å². The number of ether oxygens (including phenoxy) is 1. The van der Waals surface area contributed by atoms with Crippen LogP contribution >= 0.6 is 11.6 Å². The first-order chi connectivity index (χ1) is 10.2. The summed E-state index contributed by atoms with van der Waals surface area (Å²) in [7, 11) is 0. The number of benzene rings is 2. The van der Waals surface area contributed by atoms with E-state index in [0.717, 1.165) is 28.7 Å². The van der Waals surface area contributed by atoms with Crippen molar-refractivity contribution in [2.75, 3.05) is 6.61 Å². The molecular weight excluding hydrogens is 288 g/mol. The Labute approximate surface area is 127 Å². The van der Waals surface area contributed by atoms with Gasteiger partial charge in [-0.2, -0.15) is 0 Å². The molecule has 0 fully saturated rings. The summed E-state index contributed by atoms with van der Waals surface area (Å²) in [6, 6.07) is 13.8. The van der Waals surface area contributed by atoms with Crippen molar-refractivity contribution in [3.05, 3.63) is 70.3 Å². The van der Waals surface area contributed by atoms with Gasteiger partial charge in [0.2, 0.25) is 0 Å². The second kappa shape index (κ2) is 5.62. The summed E-state index contributed by atoms with van der Waals surface area (Å²) in [6.07, 6.45) is 2.86. The lowest BCUT2D eigenvalue weighted by Gasteiger charge is -2.11. The molecule has 106 valence electrons. The quantitative estimate of drug-likeness (QED) is 0.934. The number of carboxylic acids is 1. The van der Waals surface area contributed by atoms with Gasteiger partial charge in [0.25, 0.3) is 0 Å². The zero-order valence-corrected chi connectivity index (χ0v) is 11.9. The van der Waals surface area contributed by atoms with Crippen molar-refractivity contribution in [3.63, 3.8) is 0 Å². The molecule has 21 heavy (non-hydrogen) atoms. The Bertz CT molecular complexity index is 720. The van der Waals surface area contributed by atoms with Crippen molar-refractivity contribution < 1.29 is 14.6 Å². The van der Waals surface area contributed by atoms with Gasteiger partial charge >= 0.3 is 5.97 Å². The molecule has 0 unspecified atom stereocenters. The summed E-state index contributed by atoms with van der Waals surface area (Å²) in [4.78, 5) is 10.6. The molecule has 0 spiro atoms. The normalized spacial score (nSPS) is 12.7. The third-order valence-corrected chi connectivity index (χ3v) is 3.86. The Morgan fingerprint density at radius 1 is 1.19 bits per heavy atom. The lowest BCUT2D eigenvalue weighted by atomic mass is 9.99. The van der Waals surface area contributed by atoms with E-state index in [9.17, 15) is 4.79 Å². The molecule has 0 atom stereocenters. The number of halogens is 1. The molecule has 0 aromatic heterocycles. The van der Waals surface area contributed by atoms with Crippen LogP contribution in [0.2, 0.25) is 5.02 Å². The fourth-order valence-electron chi connectivity index (χ4n) is 2.51. The van der Waals surface area contributed by atoms with Gasteiger partial charge in [0.05, 0.1) is 5.02 Å². The highest BCUT2D eigenvalue weighted by atomic mass is 35.5. The molecule has 0 radical (unpaired) electrons. The maximum Gasteiger partial charge on any atom is 0.341 e. The van der Waals surface area contributed by atoms with Gasteiger partial charge in [-0.25, -0.2) is 4.79 Å². The molecule has 4 heteroatoms. The SMILES string of the molecule is O=C(O)COc1ccc2c(c1Cl)CC=C2c1ccccc1.